The van der Waals surface area contributed by atoms with Crippen LogP contribution in [0.25, 0.3) is 0 Å². The van der Waals surface area contributed by atoms with Gasteiger partial charge < -0.3 is 5.32 Å². The number of nitrogens with one attached hydrogen (secondary N) is 2. The van der Waals surface area contributed by atoms with Crippen LogP contribution in [0.15, 0.2) is 12.5 Å². The van der Waals surface area contributed by atoms with E-state index in [9.17, 15) is 0 Å². The highest BCUT2D eigenvalue weighted by Gasteiger charge is 2.23. The van der Waals surface area contributed by atoms with Crippen LogP contribution >= 0.6 is 11.6 Å². The predicted molar refractivity (Wildman–Crippen MR) is 69.4 cm³/mol. The Labute approximate surface area is 111 Å². The van der Waals surface area contributed by atoms with Crippen molar-refractivity contribution in [2.24, 2.45) is 0 Å². The molecule has 1 atom stereocenters. The van der Waals surface area contributed by atoms with Crippen molar-refractivity contribution in [1.29, 1.82) is 0 Å². The summed E-state index contributed by atoms with van der Waals surface area (Å²) < 4.78 is 1.91. The smallest absolute Gasteiger partial charge is 0.147 e. The lowest BCUT2D eigenvalue weighted by atomic mass is 10.2. The molecule has 1 unspecified atom stereocenters. The van der Waals surface area contributed by atoms with E-state index in [1.807, 2.05) is 11.6 Å². The molecule has 18 heavy (non-hydrogen) atoms. The highest BCUT2D eigenvalue weighted by Crippen LogP contribution is 2.26. The lowest BCUT2D eigenvalue weighted by molar-refractivity contribution is 0.508. The summed E-state index contributed by atoms with van der Waals surface area (Å²) in [4.78, 5) is 4.20. The zero-order chi connectivity index (χ0) is 13.0. The van der Waals surface area contributed by atoms with Crippen molar-refractivity contribution >= 4 is 11.6 Å². The molecular weight excluding hydrogens is 252 g/mol. The third-order valence-corrected chi connectivity index (χ3v) is 2.95. The van der Waals surface area contributed by atoms with Crippen LogP contribution < -0.4 is 5.32 Å². The Bertz CT molecular complexity index is 478. The van der Waals surface area contributed by atoms with E-state index in [0.29, 0.717) is 5.02 Å². The number of hydrogen-bond donors (Lipinski definition) is 2. The van der Waals surface area contributed by atoms with Gasteiger partial charge in [0.2, 0.25) is 0 Å². The summed E-state index contributed by atoms with van der Waals surface area (Å²) in [7, 11) is 0. The number of hydrogen-bond acceptors (Lipinski definition) is 4. The summed E-state index contributed by atoms with van der Waals surface area (Å²) in [5.74, 6) is 0.747. The normalized spacial score (nSPS) is 12.8. The Kier molecular flexibility index (Phi) is 4.33. The fourth-order valence-corrected chi connectivity index (χ4v) is 2.18. The van der Waals surface area contributed by atoms with Crippen LogP contribution in [-0.4, -0.2) is 31.5 Å². The monoisotopic (exact) mass is 268 g/mol. The quantitative estimate of drug-likeness (QED) is 0.838. The molecule has 6 nitrogen and oxygen atoms in total. The largest absolute Gasteiger partial charge is 0.303 e. The van der Waals surface area contributed by atoms with E-state index < -0.39 is 0 Å². The summed E-state index contributed by atoms with van der Waals surface area (Å²) in [6.07, 6.45) is 4.17. The van der Waals surface area contributed by atoms with Gasteiger partial charge in [0.1, 0.15) is 18.2 Å². The molecule has 2 rings (SSSR count). The van der Waals surface area contributed by atoms with Gasteiger partial charge in [-0.1, -0.05) is 25.4 Å². The Hall–Kier alpha value is -1.40. The van der Waals surface area contributed by atoms with Crippen LogP contribution in [0.4, 0.5) is 0 Å². The first kappa shape index (κ1) is 13.0. The maximum atomic E-state index is 6.24. The molecule has 98 valence electrons. The number of nitrogens with zero attached hydrogens (tertiary/aromatic N) is 4. The molecule has 2 aromatic rings. The van der Waals surface area contributed by atoms with Crippen LogP contribution in [0.5, 0.6) is 0 Å². The molecule has 2 N–H and O–H groups in total. The summed E-state index contributed by atoms with van der Waals surface area (Å²) >= 11 is 6.24. The second-order valence-electron chi connectivity index (χ2n) is 3.96. The summed E-state index contributed by atoms with van der Waals surface area (Å²) in [6, 6.07) is -0.112. The summed E-state index contributed by atoms with van der Waals surface area (Å²) in [5, 5.41) is 15.1. The minimum atomic E-state index is -0.112. The molecule has 0 aliphatic heterocycles. The average molecular weight is 269 g/mol. The van der Waals surface area contributed by atoms with E-state index in [2.05, 4.69) is 32.5 Å². The topological polar surface area (TPSA) is 71.4 Å². The van der Waals surface area contributed by atoms with Gasteiger partial charge in [0.25, 0.3) is 0 Å². The highest BCUT2D eigenvalue weighted by atomic mass is 35.5. The molecule has 7 heteroatoms. The molecule has 0 saturated carbocycles. The minimum absolute atomic E-state index is 0.112. The van der Waals surface area contributed by atoms with Crippen LogP contribution in [0.3, 0.4) is 0 Å². The van der Waals surface area contributed by atoms with Crippen molar-refractivity contribution in [3.63, 3.8) is 0 Å². The Balaban J connectivity index is 2.39. The molecule has 0 radical (unpaired) electrons. The third-order valence-electron chi connectivity index (χ3n) is 2.66. The first-order valence-corrected chi connectivity index (χ1v) is 6.45. The van der Waals surface area contributed by atoms with Gasteiger partial charge in [0.05, 0.1) is 16.9 Å². The molecule has 2 aromatic heterocycles. The fourth-order valence-electron chi connectivity index (χ4n) is 1.93. The highest BCUT2D eigenvalue weighted by molar-refractivity contribution is 6.31. The number of halogens is 1. The molecule has 0 spiro atoms. The lowest BCUT2D eigenvalue weighted by Crippen LogP contribution is -2.26. The van der Waals surface area contributed by atoms with Crippen molar-refractivity contribution < 1.29 is 0 Å². The van der Waals surface area contributed by atoms with E-state index in [4.69, 9.17) is 11.6 Å². The van der Waals surface area contributed by atoms with E-state index in [1.165, 1.54) is 6.33 Å². The van der Waals surface area contributed by atoms with E-state index >= 15 is 0 Å². The number of aromatic amines is 1. The SMILES string of the molecule is CCCn1ncc(Cl)c1C(NCC)c1ncn[nH]1. The minimum Gasteiger partial charge on any atom is -0.303 e. The molecule has 0 fully saturated rings. The van der Waals surface area contributed by atoms with Gasteiger partial charge in [0.15, 0.2) is 0 Å². The molecule has 0 amide bonds. The molecule has 0 aliphatic rings. The van der Waals surface area contributed by atoms with Crippen molar-refractivity contribution in [2.45, 2.75) is 32.9 Å². The third kappa shape index (κ3) is 2.54. The standard InChI is InChI=1S/C11H17ClN6/c1-3-5-18-10(8(12)6-16-18)9(13-4-2)11-14-7-15-17-11/h6-7,9,13H,3-5H2,1-2H3,(H,14,15,17). The van der Waals surface area contributed by atoms with E-state index in [-0.39, 0.29) is 6.04 Å². The zero-order valence-electron chi connectivity index (χ0n) is 10.5. The lowest BCUT2D eigenvalue weighted by Gasteiger charge is -2.17. The van der Waals surface area contributed by atoms with Crippen molar-refractivity contribution in [3.8, 4) is 0 Å². The van der Waals surface area contributed by atoms with Crippen LogP contribution in [0.1, 0.15) is 37.8 Å². The zero-order valence-corrected chi connectivity index (χ0v) is 11.3. The van der Waals surface area contributed by atoms with Crippen molar-refractivity contribution in [3.05, 3.63) is 29.1 Å². The van der Waals surface area contributed by atoms with Gasteiger partial charge >= 0.3 is 0 Å². The Morgan fingerprint density at radius 3 is 2.94 bits per heavy atom. The predicted octanol–water partition coefficient (Wildman–Crippen LogP) is 1.76. The maximum Gasteiger partial charge on any atom is 0.147 e. The number of rotatable bonds is 6. The van der Waals surface area contributed by atoms with Gasteiger partial charge in [-0.05, 0) is 13.0 Å². The Morgan fingerprint density at radius 1 is 1.50 bits per heavy atom. The molecule has 0 aliphatic carbocycles. The van der Waals surface area contributed by atoms with Gasteiger partial charge in [-0.25, -0.2) is 4.98 Å². The van der Waals surface area contributed by atoms with Gasteiger partial charge in [-0.2, -0.15) is 10.2 Å². The van der Waals surface area contributed by atoms with E-state index in [1.54, 1.807) is 6.20 Å². The molecule has 0 aromatic carbocycles. The van der Waals surface area contributed by atoms with Crippen molar-refractivity contribution in [1.82, 2.24) is 30.3 Å². The number of aryl methyl sites for hydroxylation is 1. The van der Waals surface area contributed by atoms with Gasteiger partial charge in [0, 0.05) is 6.54 Å². The van der Waals surface area contributed by atoms with Gasteiger partial charge in [-0.3, -0.25) is 9.78 Å². The number of aromatic nitrogens is 5. The van der Waals surface area contributed by atoms with Crippen molar-refractivity contribution in [2.75, 3.05) is 6.54 Å². The molecule has 0 saturated heterocycles. The first-order valence-electron chi connectivity index (χ1n) is 6.07. The molecule has 0 bridgehead atoms. The average Bonchev–Trinajstić information content (AvgIpc) is 2.98. The first-order chi connectivity index (χ1) is 8.77. The maximum absolute atomic E-state index is 6.24. The summed E-state index contributed by atoms with van der Waals surface area (Å²) in [5.41, 5.74) is 0.928. The molecular formula is C11H17ClN6. The Morgan fingerprint density at radius 2 is 2.33 bits per heavy atom. The number of H-pyrrole nitrogens is 1. The second-order valence-corrected chi connectivity index (χ2v) is 4.37. The summed E-state index contributed by atoms with van der Waals surface area (Å²) in [6.45, 7) is 5.78. The molecule has 2 heterocycles. The van der Waals surface area contributed by atoms with Crippen LogP contribution in [0.2, 0.25) is 5.02 Å². The second kappa shape index (κ2) is 5.97. The fraction of sp³-hybridized carbons (Fsp3) is 0.545. The van der Waals surface area contributed by atoms with E-state index in [0.717, 1.165) is 31.0 Å². The van der Waals surface area contributed by atoms with Crippen LogP contribution in [-0.2, 0) is 6.54 Å². The van der Waals surface area contributed by atoms with Crippen LogP contribution in [0, 0.1) is 0 Å². The van der Waals surface area contributed by atoms with Gasteiger partial charge in [-0.15, -0.1) is 0 Å².